The molecule has 0 amide bonds. The number of carboxylic acids is 1. The number of benzene rings is 2. The summed E-state index contributed by atoms with van der Waals surface area (Å²) in [6.07, 6.45) is 1.07. The summed E-state index contributed by atoms with van der Waals surface area (Å²) in [5.41, 5.74) is 1.61. The van der Waals surface area contributed by atoms with Crippen LogP contribution < -0.4 is 0 Å². The fraction of sp³-hybridized carbons (Fsp3) is 0.158. The summed E-state index contributed by atoms with van der Waals surface area (Å²) in [4.78, 5) is 15.3. The predicted octanol–water partition coefficient (Wildman–Crippen LogP) is 3.57. The molecule has 1 aromatic heterocycles. The number of sulfone groups is 1. The van der Waals surface area contributed by atoms with Crippen molar-refractivity contribution in [2.24, 2.45) is 0 Å². The van der Waals surface area contributed by atoms with E-state index in [1.165, 1.54) is 24.3 Å². The third kappa shape index (κ3) is 4.40. The smallest absolute Gasteiger partial charge is 0.303 e. The molecule has 0 radical (unpaired) electrons. The molecule has 1 heterocycles. The van der Waals surface area contributed by atoms with E-state index in [0.29, 0.717) is 22.6 Å². The van der Waals surface area contributed by atoms with Gasteiger partial charge in [0.05, 0.1) is 11.3 Å². The van der Waals surface area contributed by atoms with Crippen molar-refractivity contribution in [1.82, 2.24) is 4.98 Å². The highest BCUT2D eigenvalue weighted by molar-refractivity contribution is 7.90. The molecule has 0 atom stereocenters. The lowest BCUT2D eigenvalue weighted by Gasteiger charge is -2.03. The van der Waals surface area contributed by atoms with E-state index in [2.05, 4.69) is 4.98 Å². The van der Waals surface area contributed by atoms with Crippen LogP contribution in [0.5, 0.6) is 0 Å². The second-order valence-corrected chi connectivity index (χ2v) is 8.00. The molecule has 0 saturated heterocycles. The molecular weight excluding hydrogens is 373 g/mol. The molecule has 0 saturated carbocycles. The zero-order chi connectivity index (χ0) is 19.6. The van der Waals surface area contributed by atoms with E-state index >= 15 is 0 Å². The Morgan fingerprint density at radius 2 is 1.67 bits per heavy atom. The molecule has 0 aliphatic rings. The summed E-state index contributed by atoms with van der Waals surface area (Å²) in [5, 5.41) is 8.85. The average Bonchev–Trinajstić information content (AvgIpc) is 3.04. The standard InChI is InChI=1S/C19H16FNO5S/c1-27(24,25)15-8-4-13(5-9-15)19-18(12-2-6-14(20)7-3-12)21-16(26-19)10-11-17(22)23/h2-9H,10-11H2,1H3,(H,22,23). The summed E-state index contributed by atoms with van der Waals surface area (Å²) in [6.45, 7) is 0. The van der Waals surface area contributed by atoms with Crippen LogP contribution in [-0.4, -0.2) is 30.7 Å². The predicted molar refractivity (Wildman–Crippen MR) is 96.4 cm³/mol. The first-order chi connectivity index (χ1) is 12.7. The average molecular weight is 389 g/mol. The molecule has 8 heteroatoms. The van der Waals surface area contributed by atoms with Gasteiger partial charge in [-0.25, -0.2) is 17.8 Å². The second-order valence-electron chi connectivity index (χ2n) is 5.98. The molecule has 2 aromatic carbocycles. The van der Waals surface area contributed by atoms with Crippen molar-refractivity contribution in [2.45, 2.75) is 17.7 Å². The summed E-state index contributed by atoms with van der Waals surface area (Å²) in [5.74, 6) is -0.774. The van der Waals surface area contributed by atoms with Gasteiger partial charge in [-0.05, 0) is 48.5 Å². The van der Waals surface area contributed by atoms with Crippen molar-refractivity contribution in [3.05, 3.63) is 60.2 Å². The van der Waals surface area contributed by atoms with E-state index in [0.717, 1.165) is 6.26 Å². The SMILES string of the molecule is CS(=O)(=O)c1ccc(-c2oc(CCC(=O)O)nc2-c2ccc(F)cc2)cc1. The van der Waals surface area contributed by atoms with Gasteiger partial charge in [-0.1, -0.05) is 0 Å². The van der Waals surface area contributed by atoms with Crippen LogP contribution in [0, 0.1) is 5.82 Å². The lowest BCUT2D eigenvalue weighted by Crippen LogP contribution is -1.97. The fourth-order valence-corrected chi connectivity index (χ4v) is 3.17. The number of halogens is 1. The number of nitrogens with zero attached hydrogens (tertiary/aromatic N) is 1. The number of hydrogen-bond donors (Lipinski definition) is 1. The molecule has 6 nitrogen and oxygen atoms in total. The van der Waals surface area contributed by atoms with Crippen molar-refractivity contribution in [2.75, 3.05) is 6.26 Å². The minimum atomic E-state index is -3.33. The molecule has 1 N–H and O–H groups in total. The van der Waals surface area contributed by atoms with Crippen LogP contribution in [0.1, 0.15) is 12.3 Å². The third-order valence-electron chi connectivity index (χ3n) is 3.89. The number of aliphatic carboxylic acids is 1. The number of carboxylic acid groups (broad SMARTS) is 1. The number of rotatable bonds is 6. The fourth-order valence-electron chi connectivity index (χ4n) is 2.54. The Kier molecular flexibility index (Phi) is 5.09. The van der Waals surface area contributed by atoms with Gasteiger partial charge in [0, 0.05) is 23.8 Å². The molecule has 140 valence electrons. The van der Waals surface area contributed by atoms with Gasteiger partial charge in [0.25, 0.3) is 0 Å². The first-order valence-corrected chi connectivity index (χ1v) is 9.91. The highest BCUT2D eigenvalue weighted by atomic mass is 32.2. The Hall–Kier alpha value is -3.00. The Morgan fingerprint density at radius 1 is 1.07 bits per heavy atom. The first-order valence-electron chi connectivity index (χ1n) is 8.02. The highest BCUT2D eigenvalue weighted by Gasteiger charge is 2.18. The van der Waals surface area contributed by atoms with Crippen molar-refractivity contribution >= 4 is 15.8 Å². The Morgan fingerprint density at radius 3 is 2.22 bits per heavy atom. The Bertz CT molecular complexity index is 1070. The van der Waals surface area contributed by atoms with E-state index in [1.807, 2.05) is 0 Å². The van der Waals surface area contributed by atoms with E-state index in [4.69, 9.17) is 9.52 Å². The summed E-state index contributed by atoms with van der Waals surface area (Å²) in [6, 6.07) is 11.8. The number of carbonyl (C=O) groups is 1. The zero-order valence-electron chi connectivity index (χ0n) is 14.3. The minimum Gasteiger partial charge on any atom is -0.481 e. The number of oxazole rings is 1. The van der Waals surface area contributed by atoms with Crippen molar-refractivity contribution < 1.29 is 27.1 Å². The van der Waals surface area contributed by atoms with Crippen LogP contribution >= 0.6 is 0 Å². The topological polar surface area (TPSA) is 97.5 Å². The van der Waals surface area contributed by atoms with Crippen LogP contribution in [0.15, 0.2) is 57.8 Å². The maximum atomic E-state index is 13.2. The van der Waals surface area contributed by atoms with Crippen LogP contribution in [0.3, 0.4) is 0 Å². The van der Waals surface area contributed by atoms with Gasteiger partial charge in [-0.15, -0.1) is 0 Å². The summed E-state index contributed by atoms with van der Waals surface area (Å²) in [7, 11) is -3.33. The molecule has 3 aromatic rings. The van der Waals surface area contributed by atoms with Gasteiger partial charge < -0.3 is 9.52 Å². The van der Waals surface area contributed by atoms with E-state index in [-0.39, 0.29) is 23.6 Å². The molecule has 0 spiro atoms. The molecule has 0 aliphatic heterocycles. The number of aromatic nitrogens is 1. The third-order valence-corrected chi connectivity index (χ3v) is 5.01. The largest absolute Gasteiger partial charge is 0.481 e. The van der Waals surface area contributed by atoms with Crippen molar-refractivity contribution in [3.8, 4) is 22.6 Å². The monoisotopic (exact) mass is 389 g/mol. The lowest BCUT2D eigenvalue weighted by molar-refractivity contribution is -0.137. The van der Waals surface area contributed by atoms with Gasteiger partial charge in [-0.3, -0.25) is 4.79 Å². The number of aryl methyl sites for hydroxylation is 1. The van der Waals surface area contributed by atoms with Crippen molar-refractivity contribution in [1.29, 1.82) is 0 Å². The lowest BCUT2D eigenvalue weighted by atomic mass is 10.1. The minimum absolute atomic E-state index is 0.102. The van der Waals surface area contributed by atoms with Gasteiger partial charge in [0.15, 0.2) is 21.5 Å². The van der Waals surface area contributed by atoms with Crippen LogP contribution in [0.2, 0.25) is 0 Å². The quantitative estimate of drug-likeness (QED) is 0.692. The maximum absolute atomic E-state index is 13.2. The molecule has 27 heavy (non-hydrogen) atoms. The van der Waals surface area contributed by atoms with Gasteiger partial charge in [0.2, 0.25) is 0 Å². The molecular formula is C19H16FNO5S. The molecule has 0 bridgehead atoms. The summed E-state index contributed by atoms with van der Waals surface area (Å²) < 4.78 is 42.2. The maximum Gasteiger partial charge on any atom is 0.303 e. The Balaban J connectivity index is 2.06. The van der Waals surface area contributed by atoms with Gasteiger partial charge in [-0.2, -0.15) is 0 Å². The van der Waals surface area contributed by atoms with Crippen LogP contribution in [0.4, 0.5) is 4.39 Å². The number of hydrogen-bond acceptors (Lipinski definition) is 5. The molecule has 0 fully saturated rings. The van der Waals surface area contributed by atoms with E-state index in [9.17, 15) is 17.6 Å². The van der Waals surface area contributed by atoms with Gasteiger partial charge >= 0.3 is 5.97 Å². The Labute approximate surface area is 155 Å². The zero-order valence-corrected chi connectivity index (χ0v) is 15.2. The second kappa shape index (κ2) is 7.32. The van der Waals surface area contributed by atoms with Crippen molar-refractivity contribution in [3.63, 3.8) is 0 Å². The van der Waals surface area contributed by atoms with E-state index < -0.39 is 21.6 Å². The van der Waals surface area contributed by atoms with Crippen LogP contribution in [-0.2, 0) is 21.1 Å². The first kappa shape index (κ1) is 18.8. The highest BCUT2D eigenvalue weighted by Crippen LogP contribution is 2.33. The molecule has 0 unspecified atom stereocenters. The normalized spacial score (nSPS) is 11.5. The molecule has 0 aliphatic carbocycles. The van der Waals surface area contributed by atoms with E-state index in [1.54, 1.807) is 24.3 Å². The van der Waals surface area contributed by atoms with Crippen LogP contribution in [0.25, 0.3) is 22.6 Å². The summed E-state index contributed by atoms with van der Waals surface area (Å²) >= 11 is 0. The molecule has 3 rings (SSSR count). The van der Waals surface area contributed by atoms with Gasteiger partial charge in [0.1, 0.15) is 11.5 Å².